The van der Waals surface area contributed by atoms with Gasteiger partial charge in [0.05, 0.1) is 13.5 Å². The molecular formula is C18H19NO5S. The van der Waals surface area contributed by atoms with Crippen molar-refractivity contribution in [1.82, 2.24) is 4.90 Å². The largest absolute Gasteiger partial charge is 0.497 e. The molecule has 2 aromatic carbocycles. The van der Waals surface area contributed by atoms with Gasteiger partial charge in [-0.1, -0.05) is 43.5 Å². The predicted octanol–water partition coefficient (Wildman–Crippen LogP) is 3.18. The van der Waals surface area contributed by atoms with Crippen LogP contribution in [-0.4, -0.2) is 46.0 Å². The van der Waals surface area contributed by atoms with E-state index in [2.05, 4.69) is 0 Å². The third-order valence-electron chi connectivity index (χ3n) is 3.89. The highest BCUT2D eigenvalue weighted by atomic mass is 32.2. The quantitative estimate of drug-likeness (QED) is 0.900. The van der Waals surface area contributed by atoms with Gasteiger partial charge in [0.1, 0.15) is 11.8 Å². The average molecular weight is 361 g/mol. The van der Waals surface area contributed by atoms with E-state index >= 15 is 0 Å². The maximum atomic E-state index is 12.4. The Morgan fingerprint density at radius 3 is 2.60 bits per heavy atom. The van der Waals surface area contributed by atoms with Crippen molar-refractivity contribution in [2.75, 3.05) is 12.9 Å². The number of fused-ring (bicyclic) bond motifs is 1. The third kappa shape index (κ3) is 3.76. The van der Waals surface area contributed by atoms with Crippen molar-refractivity contribution in [2.24, 2.45) is 0 Å². The summed E-state index contributed by atoms with van der Waals surface area (Å²) in [6.07, 6.45) is -0.0158. The summed E-state index contributed by atoms with van der Waals surface area (Å²) >= 11 is 0.859. The molecule has 1 N–H and O–H groups in total. The van der Waals surface area contributed by atoms with Gasteiger partial charge in [0.15, 0.2) is 0 Å². The van der Waals surface area contributed by atoms with E-state index in [0.717, 1.165) is 38.7 Å². The van der Waals surface area contributed by atoms with Gasteiger partial charge in [0.25, 0.3) is 5.24 Å². The van der Waals surface area contributed by atoms with Gasteiger partial charge < -0.3 is 9.84 Å². The number of imide groups is 1. The first-order valence-corrected chi connectivity index (χ1v) is 8.26. The second-order valence-corrected chi connectivity index (χ2v) is 6.39. The molecule has 0 radical (unpaired) electrons. The Morgan fingerprint density at radius 1 is 1.24 bits per heavy atom. The molecule has 1 aliphatic heterocycles. The number of aliphatic carboxylic acids is 1. The summed E-state index contributed by atoms with van der Waals surface area (Å²) < 4.78 is 5.17. The highest BCUT2D eigenvalue weighted by molar-refractivity contribution is 8.14. The van der Waals surface area contributed by atoms with Gasteiger partial charge in [-0.25, -0.2) is 4.79 Å². The second kappa shape index (κ2) is 7.57. The van der Waals surface area contributed by atoms with Gasteiger partial charge >= 0.3 is 5.97 Å². The summed E-state index contributed by atoms with van der Waals surface area (Å²) in [4.78, 5) is 36.2. The number of hydrogen-bond donors (Lipinski definition) is 1. The number of rotatable bonds is 4. The molecule has 6 nitrogen and oxygen atoms in total. The standard InChI is InChI=1S/C17H15NO5S.CH4/c1-23-13-5-4-11-6-10(2-3-12(11)8-13)7-15(19)18-14(16(20)21)9-24-17(18)22;/h2-6,8,14H,7,9H2,1H3,(H,20,21);1H4. The van der Waals surface area contributed by atoms with Crippen LogP contribution in [0.2, 0.25) is 0 Å². The summed E-state index contributed by atoms with van der Waals surface area (Å²) in [5.74, 6) is -0.815. The molecule has 0 saturated carbocycles. The lowest BCUT2D eigenvalue weighted by atomic mass is 10.0. The van der Waals surface area contributed by atoms with E-state index in [9.17, 15) is 14.4 Å². The van der Waals surface area contributed by atoms with Crippen molar-refractivity contribution in [3.05, 3.63) is 42.0 Å². The molecule has 0 bridgehead atoms. The van der Waals surface area contributed by atoms with E-state index in [0.29, 0.717) is 0 Å². The van der Waals surface area contributed by atoms with E-state index in [4.69, 9.17) is 9.84 Å². The van der Waals surface area contributed by atoms with Crippen molar-refractivity contribution in [3.8, 4) is 5.75 Å². The summed E-state index contributed by atoms with van der Waals surface area (Å²) in [7, 11) is 1.60. The maximum Gasteiger partial charge on any atom is 0.327 e. The topological polar surface area (TPSA) is 83.9 Å². The number of thioether (sulfide) groups is 1. The molecule has 3 rings (SSSR count). The van der Waals surface area contributed by atoms with Crippen LogP contribution in [0.15, 0.2) is 36.4 Å². The Morgan fingerprint density at radius 2 is 1.92 bits per heavy atom. The van der Waals surface area contributed by atoms with Crippen molar-refractivity contribution < 1.29 is 24.2 Å². The van der Waals surface area contributed by atoms with E-state index in [1.165, 1.54) is 0 Å². The van der Waals surface area contributed by atoms with Gasteiger partial charge in [0.2, 0.25) is 5.91 Å². The van der Waals surface area contributed by atoms with Crippen LogP contribution in [-0.2, 0) is 16.0 Å². The van der Waals surface area contributed by atoms with Gasteiger partial charge in [-0.2, -0.15) is 0 Å². The lowest BCUT2D eigenvalue weighted by molar-refractivity contribution is -0.145. The molecule has 1 atom stereocenters. The van der Waals surface area contributed by atoms with Gasteiger partial charge in [-0.3, -0.25) is 14.5 Å². The van der Waals surface area contributed by atoms with Crippen molar-refractivity contribution >= 4 is 39.7 Å². The lowest BCUT2D eigenvalue weighted by Gasteiger charge is -2.18. The molecule has 2 aromatic rings. The van der Waals surface area contributed by atoms with Crippen LogP contribution < -0.4 is 4.74 Å². The molecule has 1 fully saturated rings. The molecule has 1 aliphatic rings. The number of carboxylic acids is 1. The zero-order chi connectivity index (χ0) is 17.3. The number of carbonyl (C=O) groups excluding carboxylic acids is 2. The lowest BCUT2D eigenvalue weighted by Crippen LogP contribution is -2.44. The van der Waals surface area contributed by atoms with E-state index in [-0.39, 0.29) is 19.6 Å². The minimum atomic E-state index is -1.16. The van der Waals surface area contributed by atoms with Crippen molar-refractivity contribution in [3.63, 3.8) is 0 Å². The van der Waals surface area contributed by atoms with Crippen LogP contribution in [0.5, 0.6) is 5.75 Å². The first-order chi connectivity index (χ1) is 11.5. The molecule has 7 heteroatoms. The number of carbonyl (C=O) groups is 3. The van der Waals surface area contributed by atoms with Crippen LogP contribution >= 0.6 is 11.8 Å². The van der Waals surface area contributed by atoms with Gasteiger partial charge in [0, 0.05) is 5.75 Å². The number of nitrogens with zero attached hydrogens (tertiary/aromatic N) is 1. The van der Waals surface area contributed by atoms with Crippen LogP contribution in [0.1, 0.15) is 13.0 Å². The summed E-state index contributed by atoms with van der Waals surface area (Å²) in [5, 5.41) is 10.6. The van der Waals surface area contributed by atoms with Gasteiger partial charge in [-0.15, -0.1) is 0 Å². The number of ether oxygens (including phenoxy) is 1. The van der Waals surface area contributed by atoms with E-state index in [1.807, 2.05) is 30.3 Å². The highest BCUT2D eigenvalue weighted by Gasteiger charge is 2.40. The monoisotopic (exact) mass is 361 g/mol. The van der Waals surface area contributed by atoms with Crippen molar-refractivity contribution in [2.45, 2.75) is 19.9 Å². The Bertz CT molecular complexity index is 835. The van der Waals surface area contributed by atoms with Crippen LogP contribution in [0.3, 0.4) is 0 Å². The Kier molecular flexibility index (Phi) is 5.69. The maximum absolute atomic E-state index is 12.4. The first-order valence-electron chi connectivity index (χ1n) is 7.28. The fourth-order valence-electron chi connectivity index (χ4n) is 2.65. The predicted molar refractivity (Wildman–Crippen MR) is 97.1 cm³/mol. The molecule has 0 aromatic heterocycles. The van der Waals surface area contributed by atoms with Crippen LogP contribution in [0.4, 0.5) is 4.79 Å². The number of hydrogen-bond acceptors (Lipinski definition) is 5. The third-order valence-corrected chi connectivity index (χ3v) is 4.82. The molecule has 0 aliphatic carbocycles. The summed E-state index contributed by atoms with van der Waals surface area (Å²) in [6, 6.07) is 10.0. The molecule has 132 valence electrons. The Hall–Kier alpha value is -2.54. The van der Waals surface area contributed by atoms with Gasteiger partial charge in [-0.05, 0) is 28.5 Å². The van der Waals surface area contributed by atoms with E-state index < -0.39 is 23.2 Å². The molecule has 0 spiro atoms. The molecule has 1 unspecified atom stereocenters. The number of amides is 2. The average Bonchev–Trinajstić information content (AvgIpc) is 2.96. The molecule has 1 saturated heterocycles. The first kappa shape index (κ1) is 18.8. The Labute approximate surface area is 149 Å². The molecule has 25 heavy (non-hydrogen) atoms. The fraction of sp³-hybridized carbons (Fsp3) is 0.278. The summed E-state index contributed by atoms with van der Waals surface area (Å²) in [6.45, 7) is 0. The Balaban J connectivity index is 0.00000225. The highest BCUT2D eigenvalue weighted by Crippen LogP contribution is 2.26. The SMILES string of the molecule is C.COc1ccc2cc(CC(=O)N3C(=O)SCC3C(=O)O)ccc2c1. The number of carboxylic acid groups (broad SMARTS) is 1. The fourth-order valence-corrected chi connectivity index (χ4v) is 3.61. The van der Waals surface area contributed by atoms with Crippen molar-refractivity contribution in [1.29, 1.82) is 0 Å². The minimum absolute atomic E-state index is 0. The zero-order valence-electron chi connectivity index (χ0n) is 12.9. The van der Waals surface area contributed by atoms with Crippen LogP contribution in [0, 0.1) is 0 Å². The van der Waals surface area contributed by atoms with E-state index in [1.54, 1.807) is 13.2 Å². The second-order valence-electron chi connectivity index (χ2n) is 5.42. The summed E-state index contributed by atoms with van der Waals surface area (Å²) in [5.41, 5.74) is 0.728. The normalized spacial score (nSPS) is 16.6. The number of benzene rings is 2. The smallest absolute Gasteiger partial charge is 0.327 e. The van der Waals surface area contributed by atoms with Crippen LogP contribution in [0.25, 0.3) is 10.8 Å². The number of methoxy groups -OCH3 is 1. The molecule has 2 amide bonds. The molecule has 1 heterocycles. The molecular weight excluding hydrogens is 342 g/mol. The minimum Gasteiger partial charge on any atom is -0.497 e. The zero-order valence-corrected chi connectivity index (χ0v) is 13.7.